The molecule has 0 saturated carbocycles. The number of piperazine rings is 1. The van der Waals surface area contributed by atoms with Gasteiger partial charge in [-0.2, -0.15) is 0 Å². The zero-order valence-corrected chi connectivity index (χ0v) is 12.2. The number of aryl methyl sites for hydroxylation is 2. The second kappa shape index (κ2) is 6.92. The van der Waals surface area contributed by atoms with Gasteiger partial charge in [0.1, 0.15) is 0 Å². The van der Waals surface area contributed by atoms with E-state index in [-0.39, 0.29) is 6.61 Å². The predicted octanol–water partition coefficient (Wildman–Crippen LogP) is 1.93. The lowest BCUT2D eigenvalue weighted by atomic mass is 10.0. The molecule has 0 aliphatic carbocycles. The van der Waals surface area contributed by atoms with Crippen molar-refractivity contribution in [2.24, 2.45) is 0 Å². The molecule has 1 heterocycles. The van der Waals surface area contributed by atoms with Crippen molar-refractivity contribution in [3.05, 3.63) is 29.3 Å². The molecule has 3 heteroatoms. The molecular formula is C16H26N2O. The fraction of sp³-hybridized carbons (Fsp3) is 0.625. The third-order valence-corrected chi connectivity index (χ3v) is 4.07. The Morgan fingerprint density at radius 1 is 1.00 bits per heavy atom. The molecule has 0 atom stereocenters. The van der Waals surface area contributed by atoms with Gasteiger partial charge in [0, 0.05) is 38.4 Å². The van der Waals surface area contributed by atoms with Crippen LogP contribution in [0.2, 0.25) is 0 Å². The van der Waals surface area contributed by atoms with Crippen LogP contribution in [0.4, 0.5) is 5.69 Å². The highest BCUT2D eigenvalue weighted by molar-refractivity contribution is 5.60. The lowest BCUT2D eigenvalue weighted by Gasteiger charge is -2.37. The Morgan fingerprint density at radius 3 is 2.05 bits per heavy atom. The Balaban J connectivity index is 2.14. The second-order valence-corrected chi connectivity index (χ2v) is 5.18. The SMILES string of the molecule is CCc1cccc(CC)c1N1CCN(CCO)CC1. The molecule has 1 aliphatic rings. The summed E-state index contributed by atoms with van der Waals surface area (Å²) in [6.45, 7) is 9.81. The Hall–Kier alpha value is -1.06. The summed E-state index contributed by atoms with van der Waals surface area (Å²) in [5.41, 5.74) is 4.40. The largest absolute Gasteiger partial charge is 0.395 e. The fourth-order valence-corrected chi connectivity index (χ4v) is 2.96. The summed E-state index contributed by atoms with van der Waals surface area (Å²) in [5, 5.41) is 9.01. The van der Waals surface area contributed by atoms with E-state index in [4.69, 9.17) is 5.11 Å². The molecule has 1 aliphatic heterocycles. The van der Waals surface area contributed by atoms with Gasteiger partial charge in [-0.1, -0.05) is 32.0 Å². The number of β-amino-alcohol motifs (C(OH)–C–C–N with tert-alkyl or cyclic N) is 1. The molecule has 1 N–H and O–H groups in total. The summed E-state index contributed by atoms with van der Waals surface area (Å²) in [6, 6.07) is 6.70. The van der Waals surface area contributed by atoms with Crippen molar-refractivity contribution in [1.82, 2.24) is 4.90 Å². The molecule has 0 aromatic heterocycles. The second-order valence-electron chi connectivity index (χ2n) is 5.18. The molecule has 106 valence electrons. The van der Waals surface area contributed by atoms with E-state index < -0.39 is 0 Å². The number of nitrogens with zero attached hydrogens (tertiary/aromatic N) is 2. The average molecular weight is 262 g/mol. The maximum atomic E-state index is 9.01. The summed E-state index contributed by atoms with van der Waals surface area (Å²) in [7, 11) is 0. The van der Waals surface area contributed by atoms with Gasteiger partial charge in [0.25, 0.3) is 0 Å². The number of aliphatic hydroxyl groups excluding tert-OH is 1. The van der Waals surface area contributed by atoms with Crippen molar-refractivity contribution in [3.63, 3.8) is 0 Å². The van der Waals surface area contributed by atoms with Gasteiger partial charge in [-0.15, -0.1) is 0 Å². The number of benzene rings is 1. The average Bonchev–Trinajstić information content (AvgIpc) is 2.47. The first-order valence-electron chi connectivity index (χ1n) is 7.49. The molecule has 0 spiro atoms. The zero-order chi connectivity index (χ0) is 13.7. The minimum atomic E-state index is 0.270. The van der Waals surface area contributed by atoms with E-state index in [9.17, 15) is 0 Å². The van der Waals surface area contributed by atoms with Crippen molar-refractivity contribution in [3.8, 4) is 0 Å². The summed E-state index contributed by atoms with van der Waals surface area (Å²) in [4.78, 5) is 4.88. The van der Waals surface area contributed by atoms with E-state index in [2.05, 4.69) is 41.8 Å². The van der Waals surface area contributed by atoms with Crippen LogP contribution in [-0.2, 0) is 12.8 Å². The maximum absolute atomic E-state index is 9.01. The molecule has 0 amide bonds. The van der Waals surface area contributed by atoms with E-state index >= 15 is 0 Å². The topological polar surface area (TPSA) is 26.7 Å². The van der Waals surface area contributed by atoms with Crippen LogP contribution in [0.15, 0.2) is 18.2 Å². The van der Waals surface area contributed by atoms with Gasteiger partial charge in [-0.25, -0.2) is 0 Å². The van der Waals surface area contributed by atoms with Crippen molar-refractivity contribution < 1.29 is 5.11 Å². The molecule has 1 fully saturated rings. The molecule has 2 rings (SSSR count). The summed E-state index contributed by atoms with van der Waals surface area (Å²) < 4.78 is 0. The van der Waals surface area contributed by atoms with Crippen molar-refractivity contribution in [1.29, 1.82) is 0 Å². The standard InChI is InChI=1S/C16H26N2O/c1-3-14-6-5-7-15(4-2)16(14)18-10-8-17(9-11-18)12-13-19/h5-7,19H,3-4,8-13H2,1-2H3. The van der Waals surface area contributed by atoms with Gasteiger partial charge >= 0.3 is 0 Å². The van der Waals surface area contributed by atoms with Crippen LogP contribution in [0, 0.1) is 0 Å². The normalized spacial score (nSPS) is 16.9. The quantitative estimate of drug-likeness (QED) is 0.878. The number of hydrogen-bond acceptors (Lipinski definition) is 3. The number of aliphatic hydroxyl groups is 1. The summed E-state index contributed by atoms with van der Waals surface area (Å²) >= 11 is 0. The monoisotopic (exact) mass is 262 g/mol. The van der Waals surface area contributed by atoms with Crippen LogP contribution in [0.5, 0.6) is 0 Å². The Morgan fingerprint density at radius 2 is 1.58 bits per heavy atom. The first kappa shape index (κ1) is 14.4. The predicted molar refractivity (Wildman–Crippen MR) is 80.9 cm³/mol. The van der Waals surface area contributed by atoms with Gasteiger partial charge in [0.05, 0.1) is 6.61 Å². The van der Waals surface area contributed by atoms with Crippen molar-refractivity contribution >= 4 is 5.69 Å². The Bertz CT molecular complexity index is 375. The lowest BCUT2D eigenvalue weighted by molar-refractivity contribution is 0.188. The van der Waals surface area contributed by atoms with Crippen LogP contribution >= 0.6 is 0 Å². The van der Waals surface area contributed by atoms with Gasteiger partial charge < -0.3 is 10.0 Å². The van der Waals surface area contributed by atoms with Crippen LogP contribution < -0.4 is 4.90 Å². The molecule has 0 unspecified atom stereocenters. The Kier molecular flexibility index (Phi) is 5.23. The molecular weight excluding hydrogens is 236 g/mol. The van der Waals surface area contributed by atoms with Gasteiger partial charge in [-0.3, -0.25) is 4.90 Å². The van der Waals surface area contributed by atoms with E-state index in [1.807, 2.05) is 0 Å². The van der Waals surface area contributed by atoms with Crippen molar-refractivity contribution in [2.75, 3.05) is 44.2 Å². The smallest absolute Gasteiger partial charge is 0.0558 e. The number of rotatable bonds is 5. The van der Waals surface area contributed by atoms with Gasteiger partial charge in [0.15, 0.2) is 0 Å². The molecule has 3 nitrogen and oxygen atoms in total. The maximum Gasteiger partial charge on any atom is 0.0558 e. The number of hydrogen-bond donors (Lipinski definition) is 1. The zero-order valence-electron chi connectivity index (χ0n) is 12.2. The van der Waals surface area contributed by atoms with E-state index in [1.54, 1.807) is 0 Å². The van der Waals surface area contributed by atoms with E-state index in [0.29, 0.717) is 0 Å². The molecule has 1 aromatic carbocycles. The van der Waals surface area contributed by atoms with Gasteiger partial charge in [0.2, 0.25) is 0 Å². The van der Waals surface area contributed by atoms with Gasteiger partial charge in [-0.05, 0) is 24.0 Å². The number of para-hydroxylation sites is 1. The third kappa shape index (κ3) is 3.28. The van der Waals surface area contributed by atoms with Crippen LogP contribution in [0.3, 0.4) is 0 Å². The third-order valence-electron chi connectivity index (χ3n) is 4.07. The number of anilines is 1. The Labute approximate surface area is 116 Å². The highest BCUT2D eigenvalue weighted by Gasteiger charge is 2.20. The molecule has 0 bridgehead atoms. The fourth-order valence-electron chi connectivity index (χ4n) is 2.96. The van der Waals surface area contributed by atoms with E-state index in [1.165, 1.54) is 16.8 Å². The molecule has 0 radical (unpaired) electrons. The first-order valence-corrected chi connectivity index (χ1v) is 7.49. The molecule has 1 aromatic rings. The molecule has 19 heavy (non-hydrogen) atoms. The first-order chi connectivity index (χ1) is 9.30. The van der Waals surface area contributed by atoms with E-state index in [0.717, 1.165) is 45.6 Å². The summed E-state index contributed by atoms with van der Waals surface area (Å²) in [6.07, 6.45) is 2.19. The van der Waals surface area contributed by atoms with Crippen LogP contribution in [-0.4, -0.2) is 49.3 Å². The lowest BCUT2D eigenvalue weighted by Crippen LogP contribution is -2.47. The molecule has 1 saturated heterocycles. The minimum absolute atomic E-state index is 0.270. The van der Waals surface area contributed by atoms with Crippen LogP contribution in [0.25, 0.3) is 0 Å². The summed E-state index contributed by atoms with van der Waals surface area (Å²) in [5.74, 6) is 0. The van der Waals surface area contributed by atoms with Crippen LogP contribution in [0.1, 0.15) is 25.0 Å². The highest BCUT2D eigenvalue weighted by atomic mass is 16.3. The van der Waals surface area contributed by atoms with Crippen molar-refractivity contribution in [2.45, 2.75) is 26.7 Å². The minimum Gasteiger partial charge on any atom is -0.395 e. The highest BCUT2D eigenvalue weighted by Crippen LogP contribution is 2.27.